The van der Waals surface area contributed by atoms with Crippen LogP contribution >= 0.6 is 0 Å². The molecule has 0 aliphatic carbocycles. The van der Waals surface area contributed by atoms with E-state index in [-0.39, 0.29) is 23.0 Å². The molecule has 0 aliphatic rings. The predicted octanol–water partition coefficient (Wildman–Crippen LogP) is 3.26. The van der Waals surface area contributed by atoms with Gasteiger partial charge in [0, 0.05) is 17.0 Å². The van der Waals surface area contributed by atoms with Crippen LogP contribution in [-0.2, 0) is 0 Å². The molecule has 0 aromatic heterocycles. The van der Waals surface area contributed by atoms with Crippen LogP contribution in [0.25, 0.3) is 0 Å². The largest absolute Gasteiger partial charge is 0.507 e. The van der Waals surface area contributed by atoms with Crippen molar-refractivity contribution in [1.29, 1.82) is 0 Å². The van der Waals surface area contributed by atoms with E-state index < -0.39 is 0 Å². The summed E-state index contributed by atoms with van der Waals surface area (Å²) in [6.07, 6.45) is 0.714. The van der Waals surface area contributed by atoms with E-state index in [1.54, 1.807) is 6.92 Å². The molecule has 0 fully saturated rings. The Morgan fingerprint density at radius 3 is 2.11 bits per heavy atom. The number of Topliss-reactive ketones (excluding diaryl/α,β-unsaturated/α-hetero) is 1. The zero-order valence-corrected chi connectivity index (χ0v) is 12.5. The third-order valence-corrected chi connectivity index (χ3v) is 3.56. The van der Waals surface area contributed by atoms with Gasteiger partial charge in [-0.05, 0) is 20.3 Å². The number of hydrogen-bond acceptors (Lipinski definition) is 4. The van der Waals surface area contributed by atoms with Gasteiger partial charge in [0.1, 0.15) is 22.8 Å². The van der Waals surface area contributed by atoms with Crippen molar-refractivity contribution in [2.75, 3.05) is 14.2 Å². The third-order valence-electron chi connectivity index (χ3n) is 3.56. The van der Waals surface area contributed by atoms with Crippen LogP contribution in [-0.4, -0.2) is 25.1 Å². The molecule has 1 unspecified atom stereocenters. The minimum Gasteiger partial charge on any atom is -0.507 e. The number of hydrogen-bond donors (Lipinski definition) is 1. The fraction of sp³-hybridized carbons (Fsp3) is 0.533. The second kappa shape index (κ2) is 5.95. The lowest BCUT2D eigenvalue weighted by molar-refractivity contribution is 0.0921. The van der Waals surface area contributed by atoms with Crippen LogP contribution < -0.4 is 9.47 Å². The van der Waals surface area contributed by atoms with Crippen molar-refractivity contribution in [3.63, 3.8) is 0 Å². The molecule has 0 bridgehead atoms. The van der Waals surface area contributed by atoms with E-state index in [1.807, 2.05) is 20.8 Å². The van der Waals surface area contributed by atoms with Gasteiger partial charge >= 0.3 is 0 Å². The fourth-order valence-corrected chi connectivity index (χ4v) is 2.20. The molecule has 1 aromatic carbocycles. The van der Waals surface area contributed by atoms with Crippen molar-refractivity contribution in [2.45, 2.75) is 34.1 Å². The van der Waals surface area contributed by atoms with Crippen molar-refractivity contribution in [3.8, 4) is 17.2 Å². The highest BCUT2D eigenvalue weighted by molar-refractivity contribution is 6.03. The number of carbonyl (C=O) groups excluding carboxylic acids is 1. The van der Waals surface area contributed by atoms with Crippen LogP contribution in [0, 0.1) is 19.8 Å². The van der Waals surface area contributed by atoms with Gasteiger partial charge in [0.25, 0.3) is 0 Å². The van der Waals surface area contributed by atoms with Gasteiger partial charge in [-0.15, -0.1) is 0 Å². The van der Waals surface area contributed by atoms with Gasteiger partial charge in [-0.2, -0.15) is 0 Å². The Labute approximate surface area is 114 Å². The summed E-state index contributed by atoms with van der Waals surface area (Å²) in [5.41, 5.74) is 1.55. The lowest BCUT2D eigenvalue weighted by Gasteiger charge is -2.20. The molecule has 4 heteroatoms. The standard InChI is InChI=1S/C15H22O4/c1-7-8(2)12(16)11-13(17)9(3)14(18-5)10(4)15(11)19-6/h8,17H,7H2,1-6H3. The average Bonchev–Trinajstić information content (AvgIpc) is 2.41. The molecule has 1 aromatic rings. The Bertz CT molecular complexity index is 492. The van der Waals surface area contributed by atoms with E-state index in [2.05, 4.69) is 0 Å². The molecule has 19 heavy (non-hydrogen) atoms. The summed E-state index contributed by atoms with van der Waals surface area (Å²) in [4.78, 5) is 12.4. The van der Waals surface area contributed by atoms with Crippen molar-refractivity contribution in [2.24, 2.45) is 5.92 Å². The first-order chi connectivity index (χ1) is 8.90. The van der Waals surface area contributed by atoms with Gasteiger partial charge < -0.3 is 14.6 Å². The predicted molar refractivity (Wildman–Crippen MR) is 74.5 cm³/mol. The summed E-state index contributed by atoms with van der Waals surface area (Å²) < 4.78 is 10.6. The number of ether oxygens (including phenoxy) is 2. The molecule has 1 atom stereocenters. The lowest BCUT2D eigenvalue weighted by Crippen LogP contribution is -2.13. The van der Waals surface area contributed by atoms with Crippen molar-refractivity contribution in [1.82, 2.24) is 0 Å². The Morgan fingerprint density at radius 1 is 1.16 bits per heavy atom. The average molecular weight is 266 g/mol. The summed E-state index contributed by atoms with van der Waals surface area (Å²) in [6.45, 7) is 7.33. The topological polar surface area (TPSA) is 55.8 Å². The van der Waals surface area contributed by atoms with Gasteiger partial charge in [0.05, 0.1) is 14.2 Å². The fourth-order valence-electron chi connectivity index (χ4n) is 2.20. The molecular weight excluding hydrogens is 244 g/mol. The second-order valence-corrected chi connectivity index (χ2v) is 4.71. The Morgan fingerprint density at radius 2 is 1.68 bits per heavy atom. The molecule has 1 rings (SSSR count). The minimum atomic E-state index is -0.160. The monoisotopic (exact) mass is 266 g/mol. The highest BCUT2D eigenvalue weighted by Crippen LogP contribution is 2.43. The summed E-state index contributed by atoms with van der Waals surface area (Å²) in [5, 5.41) is 10.3. The first kappa shape index (κ1) is 15.3. The molecule has 1 N–H and O–H groups in total. The smallest absolute Gasteiger partial charge is 0.173 e. The number of carbonyl (C=O) groups is 1. The number of methoxy groups -OCH3 is 2. The molecule has 0 saturated heterocycles. The van der Waals surface area contributed by atoms with E-state index in [1.165, 1.54) is 14.2 Å². The molecule has 4 nitrogen and oxygen atoms in total. The van der Waals surface area contributed by atoms with Crippen LogP contribution in [0.3, 0.4) is 0 Å². The normalized spacial score (nSPS) is 12.1. The number of aromatic hydroxyl groups is 1. The van der Waals surface area contributed by atoms with Gasteiger partial charge in [-0.1, -0.05) is 13.8 Å². The highest BCUT2D eigenvalue weighted by Gasteiger charge is 2.27. The summed E-state index contributed by atoms with van der Waals surface area (Å²) in [7, 11) is 3.02. The number of rotatable bonds is 5. The van der Waals surface area contributed by atoms with E-state index >= 15 is 0 Å². The van der Waals surface area contributed by atoms with Crippen LogP contribution in [0.2, 0.25) is 0 Å². The molecule has 0 spiro atoms. The zero-order chi connectivity index (χ0) is 14.7. The summed E-state index contributed by atoms with van der Waals surface area (Å²) >= 11 is 0. The summed E-state index contributed by atoms with van der Waals surface area (Å²) in [5.74, 6) is 0.627. The van der Waals surface area contributed by atoms with Gasteiger partial charge in [-0.25, -0.2) is 0 Å². The Hall–Kier alpha value is -1.71. The van der Waals surface area contributed by atoms with Gasteiger partial charge in [-0.3, -0.25) is 4.79 Å². The summed E-state index contributed by atoms with van der Waals surface area (Å²) in [6, 6.07) is 0. The molecule has 0 heterocycles. The quantitative estimate of drug-likeness (QED) is 0.831. The molecule has 0 amide bonds. The first-order valence-corrected chi connectivity index (χ1v) is 6.38. The number of phenolic OH excluding ortho intramolecular Hbond substituents is 1. The Kier molecular flexibility index (Phi) is 4.81. The number of ketones is 1. The van der Waals surface area contributed by atoms with E-state index in [4.69, 9.17) is 9.47 Å². The van der Waals surface area contributed by atoms with Crippen LogP contribution in [0.4, 0.5) is 0 Å². The maximum atomic E-state index is 12.4. The first-order valence-electron chi connectivity index (χ1n) is 6.38. The van der Waals surface area contributed by atoms with Crippen LogP contribution in [0.5, 0.6) is 17.2 Å². The lowest BCUT2D eigenvalue weighted by atomic mass is 9.92. The minimum absolute atomic E-state index is 0.0513. The third kappa shape index (κ3) is 2.53. The van der Waals surface area contributed by atoms with Crippen molar-refractivity contribution < 1.29 is 19.4 Å². The second-order valence-electron chi connectivity index (χ2n) is 4.71. The highest BCUT2D eigenvalue weighted by atomic mass is 16.5. The maximum Gasteiger partial charge on any atom is 0.173 e. The van der Waals surface area contributed by atoms with E-state index in [0.29, 0.717) is 23.5 Å². The van der Waals surface area contributed by atoms with Crippen LogP contribution in [0.1, 0.15) is 41.8 Å². The van der Waals surface area contributed by atoms with E-state index in [9.17, 15) is 9.90 Å². The number of phenols is 1. The molecule has 0 saturated carbocycles. The van der Waals surface area contributed by atoms with Gasteiger partial charge in [0.15, 0.2) is 5.78 Å². The number of benzene rings is 1. The SMILES string of the molecule is CCC(C)C(=O)c1c(O)c(C)c(OC)c(C)c1OC. The van der Waals surface area contributed by atoms with E-state index in [0.717, 1.165) is 5.56 Å². The molecule has 0 aliphatic heterocycles. The molecule has 106 valence electrons. The van der Waals surface area contributed by atoms with Gasteiger partial charge in [0.2, 0.25) is 0 Å². The van der Waals surface area contributed by atoms with Crippen molar-refractivity contribution in [3.05, 3.63) is 16.7 Å². The van der Waals surface area contributed by atoms with Crippen molar-refractivity contribution >= 4 is 5.78 Å². The zero-order valence-electron chi connectivity index (χ0n) is 12.5. The molecule has 0 radical (unpaired) electrons. The maximum absolute atomic E-state index is 12.4. The molecular formula is C15H22O4. The Balaban J connectivity index is 3.60. The van der Waals surface area contributed by atoms with Crippen LogP contribution in [0.15, 0.2) is 0 Å².